The van der Waals surface area contributed by atoms with Crippen LogP contribution in [0.1, 0.15) is 79.0 Å². The van der Waals surface area contributed by atoms with Crippen molar-refractivity contribution in [1.29, 1.82) is 0 Å². The maximum atomic E-state index is 14.6. The van der Waals surface area contributed by atoms with Crippen LogP contribution in [0, 0.1) is 10.8 Å². The van der Waals surface area contributed by atoms with Crippen LogP contribution in [0.5, 0.6) is 0 Å². The van der Waals surface area contributed by atoms with Crippen LogP contribution >= 0.6 is 0 Å². The summed E-state index contributed by atoms with van der Waals surface area (Å²) >= 11 is 0. The first kappa shape index (κ1) is 26.4. The molecule has 0 bridgehead atoms. The van der Waals surface area contributed by atoms with Gasteiger partial charge in [-0.3, -0.25) is 19.3 Å². The van der Waals surface area contributed by atoms with Crippen LogP contribution in [0.15, 0.2) is 48.5 Å². The average Bonchev–Trinajstić information content (AvgIpc) is 3.29. The molecule has 3 aliphatic rings. The van der Waals surface area contributed by atoms with Gasteiger partial charge in [-0.25, -0.2) is 0 Å². The molecule has 2 heterocycles. The third kappa shape index (κ3) is 3.07. The Labute approximate surface area is 225 Å². The summed E-state index contributed by atoms with van der Waals surface area (Å²) in [5, 5.41) is 0. The van der Waals surface area contributed by atoms with E-state index in [0.29, 0.717) is 22.4 Å². The summed E-state index contributed by atoms with van der Waals surface area (Å²) in [6.07, 6.45) is 0.273. The van der Waals surface area contributed by atoms with Crippen molar-refractivity contribution >= 4 is 34.5 Å². The van der Waals surface area contributed by atoms with E-state index in [0.717, 1.165) is 11.1 Å². The minimum atomic E-state index is -1.24. The number of amides is 1. The van der Waals surface area contributed by atoms with Gasteiger partial charge in [0.05, 0.1) is 22.3 Å². The standard InChI is InChI=1S/C32H37NO5/c1-19(34)37-31(8)28(2,3)30(6,7)38-32(9,29(31,4)5)33-23-17-13-12-16-22(23)26(27(33)36)25-21-15-11-10-14-20(21)18-24(25)35/h10-17H,18H2,1-9H3/b26-25+. The lowest BCUT2D eigenvalue weighted by Crippen LogP contribution is -2.79. The molecule has 1 amide bonds. The van der Waals surface area contributed by atoms with Gasteiger partial charge in [-0.15, -0.1) is 0 Å². The molecule has 6 heteroatoms. The summed E-state index contributed by atoms with van der Waals surface area (Å²) in [6, 6.07) is 15.2. The first-order chi connectivity index (χ1) is 17.5. The van der Waals surface area contributed by atoms with Gasteiger partial charge < -0.3 is 9.47 Å². The number of hydrogen-bond donors (Lipinski definition) is 0. The molecule has 0 N–H and O–H groups in total. The smallest absolute Gasteiger partial charge is 0.303 e. The molecule has 0 radical (unpaired) electrons. The normalized spacial score (nSPS) is 30.7. The summed E-state index contributed by atoms with van der Waals surface area (Å²) in [5.41, 5.74) is -0.619. The van der Waals surface area contributed by atoms with Crippen molar-refractivity contribution in [3.8, 4) is 0 Å². The fraction of sp³-hybridized carbons (Fsp3) is 0.469. The van der Waals surface area contributed by atoms with E-state index < -0.39 is 33.7 Å². The fourth-order valence-electron chi connectivity index (χ4n) is 6.90. The number of anilines is 1. The Morgan fingerprint density at radius 1 is 0.816 bits per heavy atom. The molecule has 2 atom stereocenters. The first-order valence-electron chi connectivity index (χ1n) is 13.2. The summed E-state index contributed by atoms with van der Waals surface area (Å²) in [5.74, 6) is -0.744. The quantitative estimate of drug-likeness (QED) is 0.364. The van der Waals surface area contributed by atoms with Crippen molar-refractivity contribution in [1.82, 2.24) is 0 Å². The Hall–Kier alpha value is -3.25. The number of para-hydroxylation sites is 1. The monoisotopic (exact) mass is 515 g/mol. The van der Waals surface area contributed by atoms with Gasteiger partial charge >= 0.3 is 5.97 Å². The Kier molecular flexibility index (Phi) is 5.47. The Morgan fingerprint density at radius 3 is 2.03 bits per heavy atom. The molecule has 5 rings (SSSR count). The number of benzene rings is 2. The third-order valence-electron chi connectivity index (χ3n) is 10.3. The van der Waals surface area contributed by atoms with E-state index in [1.165, 1.54) is 6.92 Å². The minimum absolute atomic E-state index is 0.0635. The molecule has 0 saturated carbocycles. The van der Waals surface area contributed by atoms with Crippen molar-refractivity contribution < 1.29 is 23.9 Å². The molecule has 6 nitrogen and oxygen atoms in total. The molecule has 2 aromatic carbocycles. The minimum Gasteiger partial charge on any atom is -0.458 e. The Balaban J connectivity index is 1.78. The maximum absolute atomic E-state index is 14.6. The van der Waals surface area contributed by atoms with Gasteiger partial charge in [-0.2, -0.15) is 0 Å². The van der Waals surface area contributed by atoms with E-state index in [1.807, 2.05) is 104 Å². The van der Waals surface area contributed by atoms with Crippen LogP contribution < -0.4 is 4.90 Å². The van der Waals surface area contributed by atoms with E-state index in [9.17, 15) is 14.4 Å². The second kappa shape index (κ2) is 7.89. The molecule has 2 aromatic rings. The zero-order chi connectivity index (χ0) is 28.1. The van der Waals surface area contributed by atoms with Crippen LogP contribution in [0.2, 0.25) is 0 Å². The molecule has 1 fully saturated rings. The van der Waals surface area contributed by atoms with Gasteiger partial charge in [0.2, 0.25) is 0 Å². The number of nitrogens with zero attached hydrogens (tertiary/aromatic N) is 1. The molecule has 1 aliphatic carbocycles. The van der Waals surface area contributed by atoms with E-state index >= 15 is 0 Å². The van der Waals surface area contributed by atoms with Crippen LogP contribution in [-0.4, -0.2) is 34.6 Å². The number of carbonyl (C=O) groups is 3. The van der Waals surface area contributed by atoms with Crippen LogP contribution in [0.3, 0.4) is 0 Å². The molecular weight excluding hydrogens is 478 g/mol. The second-order valence-corrected chi connectivity index (χ2v) is 12.6. The number of allylic oxidation sites excluding steroid dienone is 1. The molecule has 2 unspecified atom stereocenters. The van der Waals surface area contributed by atoms with Crippen molar-refractivity contribution in [2.75, 3.05) is 4.90 Å². The fourth-order valence-corrected chi connectivity index (χ4v) is 6.90. The number of fused-ring (bicyclic) bond motifs is 2. The summed E-state index contributed by atoms with van der Waals surface area (Å²) in [7, 11) is 0. The lowest BCUT2D eigenvalue weighted by Gasteiger charge is -2.69. The summed E-state index contributed by atoms with van der Waals surface area (Å²) in [6.45, 7) is 17.3. The number of ether oxygens (including phenoxy) is 2. The summed E-state index contributed by atoms with van der Waals surface area (Å²) in [4.78, 5) is 42.2. The number of hydrogen-bond acceptors (Lipinski definition) is 5. The van der Waals surface area contributed by atoms with Gasteiger partial charge in [0.25, 0.3) is 5.91 Å². The van der Waals surface area contributed by atoms with Crippen molar-refractivity contribution in [2.24, 2.45) is 10.8 Å². The van der Waals surface area contributed by atoms with Crippen molar-refractivity contribution in [3.63, 3.8) is 0 Å². The van der Waals surface area contributed by atoms with E-state index in [2.05, 4.69) is 0 Å². The predicted octanol–water partition coefficient (Wildman–Crippen LogP) is 5.97. The van der Waals surface area contributed by atoms with Gasteiger partial charge in [0.15, 0.2) is 11.5 Å². The van der Waals surface area contributed by atoms with Crippen molar-refractivity contribution in [3.05, 3.63) is 65.2 Å². The number of esters is 1. The van der Waals surface area contributed by atoms with E-state index in [-0.39, 0.29) is 18.1 Å². The van der Waals surface area contributed by atoms with Gasteiger partial charge in [-0.1, -0.05) is 70.2 Å². The largest absolute Gasteiger partial charge is 0.458 e. The molecule has 2 aliphatic heterocycles. The van der Waals surface area contributed by atoms with Gasteiger partial charge in [0.1, 0.15) is 5.60 Å². The number of rotatable bonds is 2. The zero-order valence-electron chi connectivity index (χ0n) is 23.8. The third-order valence-corrected chi connectivity index (χ3v) is 10.3. The first-order valence-corrected chi connectivity index (χ1v) is 13.2. The zero-order valence-corrected chi connectivity index (χ0v) is 23.8. The van der Waals surface area contributed by atoms with E-state index in [4.69, 9.17) is 9.47 Å². The Morgan fingerprint density at radius 2 is 1.39 bits per heavy atom. The average molecular weight is 516 g/mol. The van der Waals surface area contributed by atoms with Gasteiger partial charge in [-0.05, 0) is 44.9 Å². The lowest BCUT2D eigenvalue weighted by molar-refractivity contribution is -0.352. The van der Waals surface area contributed by atoms with Crippen molar-refractivity contribution in [2.45, 2.75) is 85.7 Å². The molecular formula is C32H37NO5. The highest BCUT2D eigenvalue weighted by atomic mass is 16.6. The highest BCUT2D eigenvalue weighted by Crippen LogP contribution is 2.65. The lowest BCUT2D eigenvalue weighted by atomic mass is 9.50. The van der Waals surface area contributed by atoms with Crippen LogP contribution in [0.25, 0.3) is 11.1 Å². The number of Topliss-reactive ketones (excluding diaryl/α,β-unsaturated/α-hetero) is 1. The van der Waals surface area contributed by atoms with Gasteiger partial charge in [0, 0.05) is 29.9 Å². The highest BCUT2D eigenvalue weighted by molar-refractivity contribution is 6.47. The molecule has 1 saturated heterocycles. The molecule has 38 heavy (non-hydrogen) atoms. The second-order valence-electron chi connectivity index (χ2n) is 12.6. The number of ketones is 1. The SMILES string of the molecule is CC(=O)OC1(C)C(C)(C)C(C)(C)OC(C)(N2C(=O)/C(=C3/C(=O)Cc4ccccc43)c3ccccc32)C1(C)C. The van der Waals surface area contributed by atoms with E-state index in [1.54, 1.807) is 4.90 Å². The topological polar surface area (TPSA) is 72.9 Å². The molecule has 200 valence electrons. The molecule has 0 aromatic heterocycles. The Bertz CT molecular complexity index is 1430. The van der Waals surface area contributed by atoms with Crippen LogP contribution in [0.4, 0.5) is 5.69 Å². The molecule has 0 spiro atoms. The van der Waals surface area contributed by atoms with Crippen LogP contribution in [-0.2, 0) is 30.3 Å². The number of carbonyl (C=O) groups excluding carboxylic acids is 3. The summed E-state index contributed by atoms with van der Waals surface area (Å²) < 4.78 is 13.2. The maximum Gasteiger partial charge on any atom is 0.303 e. The highest BCUT2D eigenvalue weighted by Gasteiger charge is 2.74. The predicted molar refractivity (Wildman–Crippen MR) is 147 cm³/mol.